The molecule has 0 aromatic carbocycles. The lowest BCUT2D eigenvalue weighted by molar-refractivity contribution is -0.140. The van der Waals surface area contributed by atoms with Crippen LogP contribution >= 0.6 is 0 Å². The predicted octanol–water partition coefficient (Wildman–Crippen LogP) is 2.71. The molecule has 1 saturated heterocycles. The number of furan rings is 1. The van der Waals surface area contributed by atoms with Crippen molar-refractivity contribution < 1.29 is 13.9 Å². The molecule has 7 heteroatoms. The highest BCUT2D eigenvalue weighted by atomic mass is 16.5. The average Bonchev–Trinajstić information content (AvgIpc) is 3.23. The van der Waals surface area contributed by atoms with Gasteiger partial charge >= 0.3 is 5.97 Å². The maximum Gasteiger partial charge on any atom is 0.305 e. The van der Waals surface area contributed by atoms with E-state index in [-0.39, 0.29) is 12.0 Å². The van der Waals surface area contributed by atoms with Crippen LogP contribution in [0.5, 0.6) is 0 Å². The van der Waals surface area contributed by atoms with Crippen LogP contribution in [0.25, 0.3) is 0 Å². The molecule has 1 aliphatic rings. The van der Waals surface area contributed by atoms with E-state index < -0.39 is 0 Å². The standard InChI is InChI=1S/C20H34N4O3/c1-3-21-20(22-12-6-5-11-19(25)26-2)23-16-17(18-10-9-15-27-18)24-13-7-4-8-14-24/h9-10,15,17H,3-8,11-14,16H2,1-2H3,(H2,21,22,23). The third kappa shape index (κ3) is 7.62. The molecular weight excluding hydrogens is 344 g/mol. The maximum absolute atomic E-state index is 11.2. The smallest absolute Gasteiger partial charge is 0.305 e. The minimum absolute atomic E-state index is 0.154. The molecule has 0 saturated carbocycles. The molecule has 0 amide bonds. The average molecular weight is 379 g/mol. The Balaban J connectivity index is 1.88. The van der Waals surface area contributed by atoms with Gasteiger partial charge in [-0.2, -0.15) is 0 Å². The van der Waals surface area contributed by atoms with Gasteiger partial charge < -0.3 is 19.8 Å². The lowest BCUT2D eigenvalue weighted by atomic mass is 10.1. The van der Waals surface area contributed by atoms with Crippen LogP contribution in [0.2, 0.25) is 0 Å². The third-order valence-electron chi connectivity index (χ3n) is 4.80. The normalized spacial score (nSPS) is 16.7. The number of hydrogen-bond donors (Lipinski definition) is 2. The van der Waals surface area contributed by atoms with Gasteiger partial charge in [0.05, 0.1) is 26.0 Å². The highest BCUT2D eigenvalue weighted by Crippen LogP contribution is 2.25. The minimum Gasteiger partial charge on any atom is -0.469 e. The van der Waals surface area contributed by atoms with Crippen LogP contribution in [0.4, 0.5) is 0 Å². The molecule has 0 spiro atoms. The van der Waals surface area contributed by atoms with Crippen molar-refractivity contribution in [1.29, 1.82) is 0 Å². The van der Waals surface area contributed by atoms with Crippen molar-refractivity contribution in [3.05, 3.63) is 24.2 Å². The van der Waals surface area contributed by atoms with Crippen molar-refractivity contribution in [2.45, 2.75) is 51.5 Å². The predicted molar refractivity (Wildman–Crippen MR) is 107 cm³/mol. The molecule has 152 valence electrons. The quantitative estimate of drug-likeness (QED) is 0.282. The molecule has 1 aromatic rings. The van der Waals surface area contributed by atoms with E-state index in [0.717, 1.165) is 50.7 Å². The molecule has 0 aliphatic carbocycles. The number of carbonyl (C=O) groups is 1. The summed E-state index contributed by atoms with van der Waals surface area (Å²) < 4.78 is 10.4. The van der Waals surface area contributed by atoms with Crippen LogP contribution in [-0.2, 0) is 9.53 Å². The van der Waals surface area contributed by atoms with Gasteiger partial charge in [-0.25, -0.2) is 0 Å². The zero-order valence-electron chi connectivity index (χ0n) is 16.7. The number of unbranched alkanes of at least 4 members (excludes halogenated alkanes) is 1. The second-order valence-corrected chi connectivity index (χ2v) is 6.81. The topological polar surface area (TPSA) is 79.1 Å². The van der Waals surface area contributed by atoms with Crippen molar-refractivity contribution in [3.63, 3.8) is 0 Å². The number of nitrogens with zero attached hydrogens (tertiary/aromatic N) is 2. The Morgan fingerprint density at radius 2 is 2.11 bits per heavy atom. The molecule has 1 unspecified atom stereocenters. The molecule has 2 N–H and O–H groups in total. The maximum atomic E-state index is 11.2. The van der Waals surface area contributed by atoms with Gasteiger partial charge in [0.1, 0.15) is 5.76 Å². The van der Waals surface area contributed by atoms with E-state index in [9.17, 15) is 4.79 Å². The van der Waals surface area contributed by atoms with E-state index in [4.69, 9.17) is 9.41 Å². The van der Waals surface area contributed by atoms with Gasteiger partial charge in [-0.05, 0) is 57.8 Å². The lowest BCUT2D eigenvalue weighted by Crippen LogP contribution is -2.39. The van der Waals surface area contributed by atoms with E-state index in [0.29, 0.717) is 13.0 Å². The van der Waals surface area contributed by atoms with E-state index in [1.807, 2.05) is 12.1 Å². The molecule has 7 nitrogen and oxygen atoms in total. The van der Waals surface area contributed by atoms with Crippen molar-refractivity contribution >= 4 is 11.9 Å². The first-order valence-electron chi connectivity index (χ1n) is 10.1. The van der Waals surface area contributed by atoms with Gasteiger partial charge in [0.25, 0.3) is 0 Å². The first kappa shape index (κ1) is 21.3. The number of guanidine groups is 1. The van der Waals surface area contributed by atoms with E-state index >= 15 is 0 Å². The molecule has 27 heavy (non-hydrogen) atoms. The summed E-state index contributed by atoms with van der Waals surface area (Å²) in [5, 5.41) is 6.65. The van der Waals surface area contributed by atoms with Crippen molar-refractivity contribution in [2.75, 3.05) is 39.8 Å². The summed E-state index contributed by atoms with van der Waals surface area (Å²) in [7, 11) is 1.42. The van der Waals surface area contributed by atoms with Crippen LogP contribution in [0.1, 0.15) is 57.3 Å². The SMILES string of the molecule is CCNC(=NCC(c1ccco1)N1CCCCC1)NCCCCC(=O)OC. The number of esters is 1. The number of rotatable bonds is 10. The zero-order chi connectivity index (χ0) is 19.3. The highest BCUT2D eigenvalue weighted by molar-refractivity contribution is 5.79. The molecule has 1 fully saturated rings. The minimum atomic E-state index is -0.154. The zero-order valence-corrected chi connectivity index (χ0v) is 16.7. The number of likely N-dealkylation sites (tertiary alicyclic amines) is 1. The van der Waals surface area contributed by atoms with Crippen LogP contribution in [0.15, 0.2) is 27.8 Å². The second kappa shape index (κ2) is 12.4. The summed E-state index contributed by atoms with van der Waals surface area (Å²) in [6, 6.07) is 4.16. The Morgan fingerprint density at radius 3 is 2.78 bits per heavy atom. The number of piperidine rings is 1. The Bertz CT molecular complexity index is 554. The Hall–Kier alpha value is -2.02. The summed E-state index contributed by atoms with van der Waals surface area (Å²) >= 11 is 0. The van der Waals surface area contributed by atoms with E-state index in [2.05, 4.69) is 27.2 Å². The molecule has 1 aliphatic heterocycles. The molecule has 2 heterocycles. The number of methoxy groups -OCH3 is 1. The summed E-state index contributed by atoms with van der Waals surface area (Å²) in [5.74, 6) is 1.64. The van der Waals surface area contributed by atoms with Gasteiger partial charge in [-0.15, -0.1) is 0 Å². The van der Waals surface area contributed by atoms with Gasteiger partial charge in [-0.1, -0.05) is 6.42 Å². The largest absolute Gasteiger partial charge is 0.469 e. The van der Waals surface area contributed by atoms with Crippen LogP contribution in [0.3, 0.4) is 0 Å². The lowest BCUT2D eigenvalue weighted by Gasteiger charge is -2.32. The number of aliphatic imine (C=N–C) groups is 1. The highest BCUT2D eigenvalue weighted by Gasteiger charge is 2.24. The molecule has 2 rings (SSSR count). The van der Waals surface area contributed by atoms with Crippen molar-refractivity contribution in [2.24, 2.45) is 4.99 Å². The first-order valence-corrected chi connectivity index (χ1v) is 10.1. The van der Waals surface area contributed by atoms with Gasteiger partial charge in [-0.3, -0.25) is 14.7 Å². The fourth-order valence-corrected chi connectivity index (χ4v) is 3.32. The van der Waals surface area contributed by atoms with Crippen LogP contribution in [-0.4, -0.2) is 56.7 Å². The third-order valence-corrected chi connectivity index (χ3v) is 4.80. The molecule has 1 atom stereocenters. The monoisotopic (exact) mass is 378 g/mol. The Labute approximate surface area is 162 Å². The van der Waals surface area contributed by atoms with E-state index in [1.54, 1.807) is 6.26 Å². The summed E-state index contributed by atoms with van der Waals surface area (Å²) in [6.45, 7) is 6.49. The fraction of sp³-hybridized carbons (Fsp3) is 0.700. The van der Waals surface area contributed by atoms with Gasteiger partial charge in [0.2, 0.25) is 0 Å². The van der Waals surface area contributed by atoms with Crippen LogP contribution < -0.4 is 10.6 Å². The molecule has 1 aromatic heterocycles. The molecule has 0 bridgehead atoms. The first-order chi connectivity index (χ1) is 13.2. The fourth-order valence-electron chi connectivity index (χ4n) is 3.32. The summed E-state index contributed by atoms with van der Waals surface area (Å²) in [6.07, 6.45) is 7.68. The Morgan fingerprint density at radius 1 is 1.30 bits per heavy atom. The van der Waals surface area contributed by atoms with E-state index in [1.165, 1.54) is 26.4 Å². The Kier molecular flexibility index (Phi) is 9.76. The summed E-state index contributed by atoms with van der Waals surface area (Å²) in [5.41, 5.74) is 0. The second-order valence-electron chi connectivity index (χ2n) is 6.81. The van der Waals surface area contributed by atoms with Gasteiger partial charge in [0.15, 0.2) is 5.96 Å². The molecular formula is C20H34N4O3. The number of hydrogen-bond acceptors (Lipinski definition) is 5. The number of carbonyl (C=O) groups excluding carboxylic acids is 1. The summed E-state index contributed by atoms with van der Waals surface area (Å²) in [4.78, 5) is 18.4. The molecule has 0 radical (unpaired) electrons. The van der Waals surface area contributed by atoms with Crippen LogP contribution in [0, 0.1) is 0 Å². The van der Waals surface area contributed by atoms with Crippen molar-refractivity contribution in [3.8, 4) is 0 Å². The number of nitrogens with one attached hydrogen (secondary N) is 2. The number of ether oxygens (including phenoxy) is 1. The van der Waals surface area contributed by atoms with Crippen molar-refractivity contribution in [1.82, 2.24) is 15.5 Å². The van der Waals surface area contributed by atoms with Gasteiger partial charge in [0, 0.05) is 19.5 Å².